The van der Waals surface area contributed by atoms with Gasteiger partial charge in [0.05, 0.1) is 13.2 Å². The second kappa shape index (κ2) is 10.8. The first-order valence-corrected chi connectivity index (χ1v) is 9.62. The molecule has 2 aromatic rings. The fraction of sp³-hybridized carbons (Fsp3) is 0.429. The fourth-order valence-electron chi connectivity index (χ4n) is 3.07. The zero-order valence-corrected chi connectivity index (χ0v) is 16.3. The van der Waals surface area contributed by atoms with E-state index in [0.29, 0.717) is 31.3 Å². The van der Waals surface area contributed by atoms with Crippen LogP contribution in [0, 0.1) is 0 Å². The van der Waals surface area contributed by atoms with E-state index in [9.17, 15) is 4.79 Å². The van der Waals surface area contributed by atoms with Crippen LogP contribution in [0.25, 0.3) is 6.08 Å². The third kappa shape index (κ3) is 6.30. The molecule has 0 atom stereocenters. The number of amides is 1. The Morgan fingerprint density at radius 2 is 1.96 bits per heavy atom. The molecule has 1 N–H and O–H groups in total. The molecule has 1 saturated heterocycles. The third-order valence-electron chi connectivity index (χ3n) is 4.67. The molecule has 1 aromatic heterocycles. The van der Waals surface area contributed by atoms with Crippen molar-refractivity contribution in [2.45, 2.75) is 6.54 Å². The van der Waals surface area contributed by atoms with Crippen molar-refractivity contribution in [2.24, 2.45) is 0 Å². The molecule has 150 valence electrons. The molecule has 1 fully saturated rings. The Labute approximate surface area is 166 Å². The first-order valence-electron chi connectivity index (χ1n) is 9.62. The van der Waals surface area contributed by atoms with Crippen molar-refractivity contribution < 1.29 is 13.9 Å². The van der Waals surface area contributed by atoms with Crippen LogP contribution in [0.3, 0.4) is 0 Å². The number of hydrogen-bond donors (Lipinski definition) is 1. The van der Waals surface area contributed by atoms with Crippen LogP contribution in [0.1, 0.15) is 21.9 Å². The average Bonchev–Trinajstić information content (AvgIpc) is 3.19. The molecule has 0 spiro atoms. The maximum absolute atomic E-state index is 12.0. The number of methoxy groups -OCH3 is 1. The predicted molar refractivity (Wildman–Crippen MR) is 108 cm³/mol. The van der Waals surface area contributed by atoms with Crippen molar-refractivity contribution in [1.82, 2.24) is 20.1 Å². The molecule has 1 aromatic carbocycles. The second-order valence-electron chi connectivity index (χ2n) is 6.76. The minimum Gasteiger partial charge on any atom is -0.447 e. The van der Waals surface area contributed by atoms with Crippen LogP contribution in [0.5, 0.6) is 0 Å². The molecule has 2 heterocycles. The molecule has 28 heavy (non-hydrogen) atoms. The highest BCUT2D eigenvalue weighted by Crippen LogP contribution is 2.10. The van der Waals surface area contributed by atoms with E-state index in [1.807, 2.05) is 6.07 Å². The van der Waals surface area contributed by atoms with Crippen molar-refractivity contribution in [2.75, 3.05) is 53.0 Å². The standard InChI is InChI=1S/C21H28N4O3/c1-27-15-9-22-21(26)19-17-28-20(23-19)16-25-13-11-24(12-14-25)10-5-8-18-6-3-2-4-7-18/h2-8,17H,9-16H2,1H3,(H,22,26)/b8-5+. The van der Waals surface area contributed by atoms with E-state index < -0.39 is 0 Å². The van der Waals surface area contributed by atoms with Gasteiger partial charge in [0.1, 0.15) is 6.26 Å². The maximum Gasteiger partial charge on any atom is 0.273 e. The van der Waals surface area contributed by atoms with Crippen molar-refractivity contribution in [1.29, 1.82) is 0 Å². The van der Waals surface area contributed by atoms with E-state index in [-0.39, 0.29) is 5.91 Å². The van der Waals surface area contributed by atoms with Crippen LogP contribution < -0.4 is 5.32 Å². The third-order valence-corrected chi connectivity index (χ3v) is 4.67. The Kier molecular flexibility index (Phi) is 7.78. The molecule has 0 saturated carbocycles. The number of aromatic nitrogens is 1. The molecule has 0 bridgehead atoms. The monoisotopic (exact) mass is 384 g/mol. The summed E-state index contributed by atoms with van der Waals surface area (Å²) in [6, 6.07) is 10.3. The van der Waals surface area contributed by atoms with E-state index in [2.05, 4.69) is 56.5 Å². The normalized spacial score (nSPS) is 15.9. The number of piperazine rings is 1. The molecular formula is C21H28N4O3. The average molecular weight is 384 g/mol. The summed E-state index contributed by atoms with van der Waals surface area (Å²) in [6.45, 7) is 6.42. The van der Waals surface area contributed by atoms with Gasteiger partial charge in [0, 0.05) is 46.4 Å². The van der Waals surface area contributed by atoms with Crippen LogP contribution in [-0.4, -0.2) is 73.7 Å². The van der Waals surface area contributed by atoms with Crippen molar-refractivity contribution in [3.8, 4) is 0 Å². The van der Waals surface area contributed by atoms with E-state index in [1.165, 1.54) is 11.8 Å². The molecule has 0 radical (unpaired) electrons. The fourth-order valence-corrected chi connectivity index (χ4v) is 3.07. The number of rotatable bonds is 9. The quantitative estimate of drug-likeness (QED) is 0.666. The van der Waals surface area contributed by atoms with E-state index in [1.54, 1.807) is 7.11 Å². The number of nitrogens with one attached hydrogen (secondary N) is 1. The summed E-state index contributed by atoms with van der Waals surface area (Å²) in [7, 11) is 1.60. The van der Waals surface area contributed by atoms with Crippen LogP contribution in [0.4, 0.5) is 0 Å². The van der Waals surface area contributed by atoms with Gasteiger partial charge in [0.15, 0.2) is 5.69 Å². The van der Waals surface area contributed by atoms with Gasteiger partial charge < -0.3 is 14.5 Å². The molecule has 3 rings (SSSR count). The Bertz CT molecular complexity index is 752. The highest BCUT2D eigenvalue weighted by molar-refractivity contribution is 5.91. The zero-order chi connectivity index (χ0) is 19.6. The predicted octanol–water partition coefficient (Wildman–Crippen LogP) is 1.88. The van der Waals surface area contributed by atoms with Gasteiger partial charge in [-0.05, 0) is 5.56 Å². The van der Waals surface area contributed by atoms with Gasteiger partial charge >= 0.3 is 0 Å². The highest BCUT2D eigenvalue weighted by Gasteiger charge is 2.19. The summed E-state index contributed by atoms with van der Waals surface area (Å²) >= 11 is 0. The Morgan fingerprint density at radius 3 is 2.71 bits per heavy atom. The number of nitrogens with zero attached hydrogens (tertiary/aromatic N) is 3. The number of oxazole rings is 1. The molecule has 0 unspecified atom stereocenters. The van der Waals surface area contributed by atoms with Crippen LogP contribution in [-0.2, 0) is 11.3 Å². The number of carbonyl (C=O) groups excluding carboxylic acids is 1. The second-order valence-corrected chi connectivity index (χ2v) is 6.76. The van der Waals surface area contributed by atoms with E-state index >= 15 is 0 Å². The van der Waals surface area contributed by atoms with E-state index in [4.69, 9.17) is 9.15 Å². The molecule has 1 amide bonds. The number of hydrogen-bond acceptors (Lipinski definition) is 6. The van der Waals surface area contributed by atoms with Crippen LogP contribution >= 0.6 is 0 Å². The Balaban J connectivity index is 1.38. The molecule has 0 aliphatic carbocycles. The molecule has 1 aliphatic heterocycles. The topological polar surface area (TPSA) is 70.8 Å². The summed E-state index contributed by atoms with van der Waals surface area (Å²) in [4.78, 5) is 21.0. The molecule has 1 aliphatic rings. The van der Waals surface area contributed by atoms with Crippen LogP contribution in [0.2, 0.25) is 0 Å². The smallest absolute Gasteiger partial charge is 0.273 e. The van der Waals surface area contributed by atoms with Gasteiger partial charge in [-0.15, -0.1) is 0 Å². The first-order chi connectivity index (χ1) is 13.7. The summed E-state index contributed by atoms with van der Waals surface area (Å²) < 4.78 is 10.4. The minimum absolute atomic E-state index is 0.234. The van der Waals surface area contributed by atoms with Gasteiger partial charge in [-0.3, -0.25) is 14.6 Å². The lowest BCUT2D eigenvalue weighted by Gasteiger charge is -2.33. The minimum atomic E-state index is -0.234. The lowest BCUT2D eigenvalue weighted by atomic mass is 10.2. The SMILES string of the molecule is COCCNC(=O)c1coc(CN2CCN(C/C=C/c3ccccc3)CC2)n1. The summed E-state index contributed by atoms with van der Waals surface area (Å²) in [6.07, 6.45) is 5.80. The number of benzene rings is 1. The Hall–Kier alpha value is -2.48. The lowest BCUT2D eigenvalue weighted by molar-refractivity contribution is 0.0932. The highest BCUT2D eigenvalue weighted by atomic mass is 16.5. The maximum atomic E-state index is 12.0. The summed E-state index contributed by atoms with van der Waals surface area (Å²) in [5, 5.41) is 2.74. The van der Waals surface area contributed by atoms with Crippen molar-refractivity contribution in [3.05, 3.63) is 59.8 Å². The summed E-state index contributed by atoms with van der Waals surface area (Å²) in [5.41, 5.74) is 1.54. The summed E-state index contributed by atoms with van der Waals surface area (Å²) in [5.74, 6) is 0.344. The van der Waals surface area contributed by atoms with Crippen LogP contribution in [0.15, 0.2) is 47.1 Å². The van der Waals surface area contributed by atoms with Gasteiger partial charge in [-0.25, -0.2) is 4.98 Å². The largest absolute Gasteiger partial charge is 0.447 e. The van der Waals surface area contributed by atoms with Gasteiger partial charge in [0.25, 0.3) is 5.91 Å². The van der Waals surface area contributed by atoms with Gasteiger partial charge in [0.2, 0.25) is 5.89 Å². The molecule has 7 heteroatoms. The van der Waals surface area contributed by atoms with E-state index in [0.717, 1.165) is 32.7 Å². The zero-order valence-electron chi connectivity index (χ0n) is 16.3. The number of carbonyl (C=O) groups is 1. The molecule has 7 nitrogen and oxygen atoms in total. The van der Waals surface area contributed by atoms with Crippen molar-refractivity contribution in [3.63, 3.8) is 0 Å². The van der Waals surface area contributed by atoms with Gasteiger partial charge in [-0.2, -0.15) is 0 Å². The lowest BCUT2D eigenvalue weighted by Crippen LogP contribution is -2.45. The van der Waals surface area contributed by atoms with Crippen molar-refractivity contribution >= 4 is 12.0 Å². The molecular weight excluding hydrogens is 356 g/mol. The van der Waals surface area contributed by atoms with Gasteiger partial charge in [-0.1, -0.05) is 42.5 Å². The first kappa shape index (κ1) is 20.3. The number of ether oxygens (including phenoxy) is 1. The Morgan fingerprint density at radius 1 is 1.21 bits per heavy atom.